The van der Waals surface area contributed by atoms with Crippen molar-refractivity contribution in [2.45, 2.75) is 24.4 Å². The minimum Gasteiger partial charge on any atom is -0.389 e. The normalized spacial score (nSPS) is 25.2. The number of amides is 1. The van der Waals surface area contributed by atoms with Crippen molar-refractivity contribution in [3.8, 4) is 0 Å². The van der Waals surface area contributed by atoms with Crippen LogP contribution in [0.1, 0.15) is 18.4 Å². The molecule has 96 valence electrons. The monoisotopic (exact) mass is 251 g/mol. The minimum absolute atomic E-state index is 0.134. The molecule has 0 radical (unpaired) electrons. The van der Waals surface area contributed by atoms with Gasteiger partial charge in [0.05, 0.1) is 18.1 Å². The van der Waals surface area contributed by atoms with Gasteiger partial charge in [-0.2, -0.15) is 0 Å². The number of benzene rings is 1. The lowest BCUT2D eigenvalue weighted by atomic mass is 9.95. The second kappa shape index (κ2) is 4.03. The molecule has 1 unspecified atom stereocenters. The number of hydrogen-bond acceptors (Lipinski definition) is 3. The van der Waals surface area contributed by atoms with E-state index < -0.39 is 11.5 Å². The molecule has 0 bridgehead atoms. The van der Waals surface area contributed by atoms with Gasteiger partial charge in [-0.15, -0.1) is 0 Å². The Morgan fingerprint density at radius 2 is 2.06 bits per heavy atom. The molecule has 2 aliphatic rings. The van der Waals surface area contributed by atoms with Gasteiger partial charge < -0.3 is 5.11 Å². The number of carbonyl (C=O) groups is 1. The zero-order valence-electron chi connectivity index (χ0n) is 9.80. The topological polar surface area (TPSA) is 49.8 Å². The highest BCUT2D eigenvalue weighted by atomic mass is 19.1. The molecule has 1 saturated heterocycles. The van der Waals surface area contributed by atoms with Gasteiger partial charge in [0, 0.05) is 0 Å². The largest absolute Gasteiger partial charge is 0.389 e. The molecule has 1 heterocycles. The summed E-state index contributed by atoms with van der Waals surface area (Å²) in [5, 5.41) is 10.6. The molecular weight excluding hydrogens is 237 g/mol. The molecule has 1 aliphatic carbocycles. The number of aliphatic hydroxyl groups excluding tert-OH is 1. The van der Waals surface area contributed by atoms with E-state index >= 15 is 0 Å². The third-order valence-corrected chi connectivity index (χ3v) is 3.58. The number of nitrogens with zero attached hydrogens (tertiary/aromatic N) is 1. The van der Waals surface area contributed by atoms with Crippen molar-refractivity contribution in [1.29, 1.82) is 0 Å². The van der Waals surface area contributed by atoms with Crippen LogP contribution in [0, 0.1) is 5.82 Å². The third-order valence-electron chi connectivity index (χ3n) is 3.58. The number of halogens is 1. The van der Waals surface area contributed by atoms with Crippen LogP contribution < -0.4 is 0 Å². The molecular formula is C13H14FNO3. The summed E-state index contributed by atoms with van der Waals surface area (Å²) in [6.07, 6.45) is 0.874. The van der Waals surface area contributed by atoms with Crippen LogP contribution in [0.25, 0.3) is 0 Å². The minimum atomic E-state index is -0.613. The van der Waals surface area contributed by atoms with Crippen molar-refractivity contribution in [1.82, 2.24) is 5.06 Å². The van der Waals surface area contributed by atoms with E-state index in [1.54, 1.807) is 12.1 Å². The van der Waals surface area contributed by atoms with Crippen LogP contribution in [0.3, 0.4) is 0 Å². The lowest BCUT2D eigenvalue weighted by Gasteiger charge is -2.21. The van der Waals surface area contributed by atoms with Gasteiger partial charge in [-0.3, -0.25) is 9.63 Å². The number of aliphatic hydroxyl groups is 1. The zero-order chi connectivity index (χ0) is 12.8. The lowest BCUT2D eigenvalue weighted by Crippen LogP contribution is -2.37. The van der Waals surface area contributed by atoms with E-state index in [9.17, 15) is 14.3 Å². The molecule has 1 N–H and O–H groups in total. The summed E-state index contributed by atoms with van der Waals surface area (Å²) in [5.41, 5.74) is 0.247. The summed E-state index contributed by atoms with van der Waals surface area (Å²) >= 11 is 0. The molecule has 3 rings (SSSR count). The second-order valence-electron chi connectivity index (χ2n) is 4.90. The summed E-state index contributed by atoms with van der Waals surface area (Å²) in [6.45, 7) is 0.368. The quantitative estimate of drug-likeness (QED) is 0.852. The summed E-state index contributed by atoms with van der Waals surface area (Å²) in [5.74, 6) is -0.444. The van der Waals surface area contributed by atoms with Gasteiger partial charge in [0.2, 0.25) is 0 Å². The van der Waals surface area contributed by atoms with E-state index in [1.807, 2.05) is 0 Å². The van der Waals surface area contributed by atoms with Gasteiger partial charge in [-0.05, 0) is 30.5 Å². The second-order valence-corrected chi connectivity index (χ2v) is 4.90. The van der Waals surface area contributed by atoms with Gasteiger partial charge in [0.1, 0.15) is 12.4 Å². The van der Waals surface area contributed by atoms with Crippen molar-refractivity contribution in [3.63, 3.8) is 0 Å². The first-order valence-electron chi connectivity index (χ1n) is 6.01. The van der Waals surface area contributed by atoms with Gasteiger partial charge in [-0.1, -0.05) is 12.1 Å². The van der Waals surface area contributed by atoms with Crippen LogP contribution >= 0.6 is 0 Å². The number of rotatable bonds is 2. The van der Waals surface area contributed by atoms with E-state index in [4.69, 9.17) is 4.84 Å². The summed E-state index contributed by atoms with van der Waals surface area (Å²) in [7, 11) is 0. The standard InChI is InChI=1S/C13H14FNO3/c14-10-3-1-9(2-4-10)13(5-6-13)12(17)15-7-11(16)8-18-15/h1-4,11,16H,5-8H2. The average Bonchev–Trinajstić information content (AvgIpc) is 3.06. The van der Waals surface area contributed by atoms with Crippen molar-refractivity contribution < 1.29 is 19.1 Å². The highest BCUT2D eigenvalue weighted by Crippen LogP contribution is 2.49. The van der Waals surface area contributed by atoms with E-state index in [1.165, 1.54) is 17.2 Å². The molecule has 0 spiro atoms. The Morgan fingerprint density at radius 3 is 2.56 bits per heavy atom. The van der Waals surface area contributed by atoms with Crippen LogP contribution in [0.5, 0.6) is 0 Å². The maximum atomic E-state index is 12.9. The molecule has 1 atom stereocenters. The molecule has 1 saturated carbocycles. The van der Waals surface area contributed by atoms with Crippen molar-refractivity contribution >= 4 is 5.91 Å². The van der Waals surface area contributed by atoms with E-state index in [-0.39, 0.29) is 24.9 Å². The van der Waals surface area contributed by atoms with Crippen LogP contribution in [0.2, 0.25) is 0 Å². The van der Waals surface area contributed by atoms with Crippen LogP contribution in [-0.4, -0.2) is 35.3 Å². The smallest absolute Gasteiger partial charge is 0.256 e. The molecule has 5 heteroatoms. The van der Waals surface area contributed by atoms with Crippen molar-refractivity contribution in [2.24, 2.45) is 0 Å². The maximum absolute atomic E-state index is 12.9. The van der Waals surface area contributed by atoms with Gasteiger partial charge >= 0.3 is 0 Å². The first kappa shape index (κ1) is 11.6. The molecule has 1 aromatic carbocycles. The SMILES string of the molecule is O=C(N1CC(O)CO1)C1(c2ccc(F)cc2)CC1. The zero-order valence-corrected chi connectivity index (χ0v) is 9.80. The maximum Gasteiger partial charge on any atom is 0.256 e. The number of β-amino-alcohol motifs (C(OH)–C–C–N with tert-alkyl or cyclic N) is 1. The summed E-state index contributed by atoms with van der Waals surface area (Å²) in [4.78, 5) is 17.5. The predicted octanol–water partition coefficient (Wildman–Crippen LogP) is 0.992. The van der Waals surface area contributed by atoms with Crippen molar-refractivity contribution in [2.75, 3.05) is 13.2 Å². The fourth-order valence-electron chi connectivity index (χ4n) is 2.37. The van der Waals surface area contributed by atoms with Crippen LogP contribution in [0.15, 0.2) is 24.3 Å². The fraction of sp³-hybridized carbons (Fsp3) is 0.462. The Morgan fingerprint density at radius 1 is 1.39 bits per heavy atom. The Hall–Kier alpha value is -1.46. The Labute approximate surface area is 104 Å². The molecule has 4 nitrogen and oxygen atoms in total. The number of hydrogen-bond donors (Lipinski definition) is 1. The molecule has 1 amide bonds. The van der Waals surface area contributed by atoms with Crippen molar-refractivity contribution in [3.05, 3.63) is 35.6 Å². The van der Waals surface area contributed by atoms with Crippen LogP contribution in [-0.2, 0) is 15.0 Å². The average molecular weight is 251 g/mol. The molecule has 1 aromatic rings. The Balaban J connectivity index is 1.82. The van der Waals surface area contributed by atoms with E-state index in [0.717, 1.165) is 18.4 Å². The lowest BCUT2D eigenvalue weighted by molar-refractivity contribution is -0.171. The molecule has 1 aliphatic heterocycles. The Kier molecular flexibility index (Phi) is 2.60. The molecule has 0 aromatic heterocycles. The highest BCUT2D eigenvalue weighted by molar-refractivity contribution is 5.90. The van der Waals surface area contributed by atoms with E-state index in [0.29, 0.717) is 0 Å². The van der Waals surface area contributed by atoms with Gasteiger partial charge in [0.15, 0.2) is 0 Å². The van der Waals surface area contributed by atoms with E-state index in [2.05, 4.69) is 0 Å². The molecule has 18 heavy (non-hydrogen) atoms. The summed E-state index contributed by atoms with van der Waals surface area (Å²) in [6, 6.07) is 6.02. The predicted molar refractivity (Wildman–Crippen MR) is 61.0 cm³/mol. The highest BCUT2D eigenvalue weighted by Gasteiger charge is 2.54. The molecule has 2 fully saturated rings. The first-order valence-corrected chi connectivity index (χ1v) is 6.01. The van der Waals surface area contributed by atoms with Gasteiger partial charge in [-0.25, -0.2) is 9.45 Å². The van der Waals surface area contributed by atoms with Crippen LogP contribution in [0.4, 0.5) is 4.39 Å². The third kappa shape index (κ3) is 1.79. The van der Waals surface area contributed by atoms with Gasteiger partial charge in [0.25, 0.3) is 5.91 Å². The Bertz CT molecular complexity index is 470. The fourth-order valence-corrected chi connectivity index (χ4v) is 2.37. The number of hydroxylamine groups is 2. The summed E-state index contributed by atoms with van der Waals surface area (Å²) < 4.78 is 12.9. The first-order chi connectivity index (χ1) is 8.62. The number of carbonyl (C=O) groups excluding carboxylic acids is 1.